The molecule has 0 unspecified atom stereocenters. The summed E-state index contributed by atoms with van der Waals surface area (Å²) in [5.41, 5.74) is 2.73. The molecule has 0 aliphatic rings. The normalized spacial score (nSPS) is 11.3. The zero-order chi connectivity index (χ0) is 22.7. The maximum Gasteiger partial charge on any atom is 0.387 e. The van der Waals surface area contributed by atoms with Crippen LogP contribution in [-0.2, 0) is 6.42 Å². The number of halogens is 4. The van der Waals surface area contributed by atoms with E-state index in [1.807, 2.05) is 18.2 Å². The molecule has 164 valence electrons. The van der Waals surface area contributed by atoms with E-state index in [1.54, 1.807) is 24.3 Å². The van der Waals surface area contributed by atoms with Crippen molar-refractivity contribution in [2.75, 3.05) is 0 Å². The van der Waals surface area contributed by atoms with E-state index in [0.717, 1.165) is 24.6 Å². The molecular formula is C27H22F4O. The summed E-state index contributed by atoms with van der Waals surface area (Å²) in [5, 5.41) is 1.32. The third-order valence-electron chi connectivity index (χ3n) is 5.51. The maximum absolute atomic E-state index is 15.2. The molecule has 0 heterocycles. The summed E-state index contributed by atoms with van der Waals surface area (Å²) < 4.78 is 59.0. The van der Waals surface area contributed by atoms with E-state index in [2.05, 4.69) is 11.7 Å². The third kappa shape index (κ3) is 4.62. The van der Waals surface area contributed by atoms with Crippen LogP contribution in [0.15, 0.2) is 72.8 Å². The number of alkyl halides is 2. The van der Waals surface area contributed by atoms with Gasteiger partial charge in [0.2, 0.25) is 0 Å². The Labute approximate surface area is 184 Å². The number of fused-ring (bicyclic) bond motifs is 1. The van der Waals surface area contributed by atoms with Crippen LogP contribution >= 0.6 is 0 Å². The minimum Gasteiger partial charge on any atom is -0.435 e. The van der Waals surface area contributed by atoms with Gasteiger partial charge in [-0.05, 0) is 53.1 Å². The Kier molecular flexibility index (Phi) is 6.45. The monoisotopic (exact) mass is 438 g/mol. The molecule has 0 spiro atoms. The van der Waals surface area contributed by atoms with Gasteiger partial charge in [-0.25, -0.2) is 8.78 Å². The smallest absolute Gasteiger partial charge is 0.387 e. The van der Waals surface area contributed by atoms with E-state index in [4.69, 9.17) is 0 Å². The number of hydrogen-bond donors (Lipinski definition) is 0. The van der Waals surface area contributed by atoms with Gasteiger partial charge >= 0.3 is 6.61 Å². The van der Waals surface area contributed by atoms with Crippen LogP contribution in [0.3, 0.4) is 0 Å². The first-order valence-corrected chi connectivity index (χ1v) is 10.5. The van der Waals surface area contributed by atoms with Crippen molar-refractivity contribution in [1.29, 1.82) is 0 Å². The minimum absolute atomic E-state index is 0.00290. The molecule has 0 bridgehead atoms. The van der Waals surface area contributed by atoms with E-state index in [9.17, 15) is 13.2 Å². The summed E-state index contributed by atoms with van der Waals surface area (Å²) in [6, 6.07) is 19.5. The van der Waals surface area contributed by atoms with E-state index in [1.165, 1.54) is 35.9 Å². The summed E-state index contributed by atoms with van der Waals surface area (Å²) in [4.78, 5) is 0. The van der Waals surface area contributed by atoms with Gasteiger partial charge in [0.15, 0.2) is 0 Å². The first-order chi connectivity index (χ1) is 15.5. The first-order valence-electron chi connectivity index (χ1n) is 10.5. The Balaban J connectivity index is 1.64. The summed E-state index contributed by atoms with van der Waals surface area (Å²) in [6.45, 7) is -0.787. The van der Waals surface area contributed by atoms with Gasteiger partial charge in [0.25, 0.3) is 0 Å². The minimum atomic E-state index is -2.92. The second kappa shape index (κ2) is 9.43. The summed E-state index contributed by atoms with van der Waals surface area (Å²) in [5.74, 6) is -0.915. The Morgan fingerprint density at radius 3 is 2.19 bits per heavy atom. The Morgan fingerprint density at radius 2 is 1.50 bits per heavy atom. The number of rotatable bonds is 7. The molecule has 4 aromatic carbocycles. The largest absolute Gasteiger partial charge is 0.435 e. The molecule has 32 heavy (non-hydrogen) atoms. The lowest BCUT2D eigenvalue weighted by Gasteiger charge is -2.11. The Hall–Kier alpha value is -3.34. The van der Waals surface area contributed by atoms with Crippen molar-refractivity contribution >= 4 is 10.8 Å². The topological polar surface area (TPSA) is 9.23 Å². The number of ether oxygens (including phenoxy) is 1. The maximum atomic E-state index is 15.2. The van der Waals surface area contributed by atoms with Crippen molar-refractivity contribution in [3.05, 3.63) is 90.0 Å². The molecule has 0 atom stereocenters. The summed E-state index contributed by atoms with van der Waals surface area (Å²) >= 11 is 0. The van der Waals surface area contributed by atoms with Gasteiger partial charge in [-0.2, -0.15) is 8.78 Å². The highest BCUT2D eigenvalue weighted by atomic mass is 19.3. The third-order valence-corrected chi connectivity index (χ3v) is 5.51. The van der Waals surface area contributed by atoms with E-state index in [-0.39, 0.29) is 11.6 Å². The highest BCUT2D eigenvalue weighted by molar-refractivity contribution is 5.89. The van der Waals surface area contributed by atoms with Crippen LogP contribution in [0.4, 0.5) is 17.6 Å². The van der Waals surface area contributed by atoms with Gasteiger partial charge < -0.3 is 4.74 Å². The van der Waals surface area contributed by atoms with Crippen LogP contribution in [0.5, 0.6) is 5.75 Å². The molecule has 0 radical (unpaired) electrons. The second-order valence-corrected chi connectivity index (χ2v) is 7.68. The fraction of sp³-hybridized carbons (Fsp3) is 0.185. The van der Waals surface area contributed by atoms with Gasteiger partial charge in [0.1, 0.15) is 17.4 Å². The van der Waals surface area contributed by atoms with Gasteiger partial charge in [0, 0.05) is 16.5 Å². The molecule has 5 heteroatoms. The zero-order valence-corrected chi connectivity index (χ0v) is 17.5. The van der Waals surface area contributed by atoms with Crippen molar-refractivity contribution in [2.24, 2.45) is 0 Å². The number of hydrogen-bond acceptors (Lipinski definition) is 1. The van der Waals surface area contributed by atoms with E-state index in [0.29, 0.717) is 27.6 Å². The van der Waals surface area contributed by atoms with Crippen molar-refractivity contribution in [3.8, 4) is 28.0 Å². The molecule has 4 aromatic rings. The molecule has 4 rings (SSSR count). The van der Waals surface area contributed by atoms with Crippen molar-refractivity contribution in [2.45, 2.75) is 32.8 Å². The fourth-order valence-corrected chi connectivity index (χ4v) is 3.83. The lowest BCUT2D eigenvalue weighted by Crippen LogP contribution is -2.01. The summed E-state index contributed by atoms with van der Waals surface area (Å²) in [7, 11) is 0. The average molecular weight is 438 g/mol. The molecule has 0 saturated heterocycles. The average Bonchev–Trinajstić information content (AvgIpc) is 2.78. The predicted octanol–water partition coefficient (Wildman–Crippen LogP) is 8.40. The lowest BCUT2D eigenvalue weighted by atomic mass is 9.96. The van der Waals surface area contributed by atoms with E-state index < -0.39 is 12.4 Å². The quantitative estimate of drug-likeness (QED) is 0.263. The van der Waals surface area contributed by atoms with Crippen LogP contribution in [0.2, 0.25) is 0 Å². The summed E-state index contributed by atoms with van der Waals surface area (Å²) in [6.07, 6.45) is 3.14. The Bertz CT molecular complexity index is 1230. The van der Waals surface area contributed by atoms with Crippen LogP contribution in [0.25, 0.3) is 33.0 Å². The van der Waals surface area contributed by atoms with Crippen LogP contribution in [0.1, 0.15) is 25.3 Å². The SMILES string of the molecule is CCCCc1ccc2c(F)c(-c3ccc(-c4ccc(OC(F)F)cc4)c(F)c3)ccc2c1. The molecule has 0 aromatic heterocycles. The van der Waals surface area contributed by atoms with Crippen LogP contribution in [-0.4, -0.2) is 6.61 Å². The van der Waals surface area contributed by atoms with Gasteiger partial charge in [-0.3, -0.25) is 0 Å². The van der Waals surface area contributed by atoms with Crippen molar-refractivity contribution in [1.82, 2.24) is 0 Å². The van der Waals surface area contributed by atoms with E-state index >= 15 is 4.39 Å². The van der Waals surface area contributed by atoms with Crippen molar-refractivity contribution in [3.63, 3.8) is 0 Å². The predicted molar refractivity (Wildman–Crippen MR) is 120 cm³/mol. The number of aryl methyl sites for hydroxylation is 1. The molecular weight excluding hydrogens is 416 g/mol. The Morgan fingerprint density at radius 1 is 0.781 bits per heavy atom. The van der Waals surface area contributed by atoms with Gasteiger partial charge in [-0.15, -0.1) is 0 Å². The second-order valence-electron chi connectivity index (χ2n) is 7.68. The molecule has 0 aliphatic heterocycles. The molecule has 0 aliphatic carbocycles. The van der Waals surface area contributed by atoms with Crippen LogP contribution < -0.4 is 4.74 Å². The number of benzene rings is 4. The molecule has 0 N–H and O–H groups in total. The van der Waals surface area contributed by atoms with Crippen molar-refractivity contribution < 1.29 is 22.3 Å². The van der Waals surface area contributed by atoms with Crippen LogP contribution in [0, 0.1) is 11.6 Å². The highest BCUT2D eigenvalue weighted by Crippen LogP contribution is 2.33. The standard InChI is InChI=1S/C27H22F4O/c1-2-3-4-17-5-12-23-19(15-17)9-14-24(26(23)29)20-8-13-22(25(28)16-20)18-6-10-21(11-7-18)32-27(30)31/h5-16,27H,2-4H2,1H3. The lowest BCUT2D eigenvalue weighted by molar-refractivity contribution is -0.0498. The van der Waals surface area contributed by atoms with Gasteiger partial charge in [0.05, 0.1) is 0 Å². The zero-order valence-electron chi connectivity index (χ0n) is 17.5. The highest BCUT2D eigenvalue weighted by Gasteiger charge is 2.13. The first kappa shape index (κ1) is 21.9. The fourth-order valence-electron chi connectivity index (χ4n) is 3.83. The molecule has 0 amide bonds. The number of unbranched alkanes of at least 4 members (excludes halogenated alkanes) is 1. The molecule has 1 nitrogen and oxygen atoms in total. The molecule has 0 fully saturated rings. The molecule has 0 saturated carbocycles. The van der Waals surface area contributed by atoms with Gasteiger partial charge in [-0.1, -0.05) is 67.9 Å².